The number of aliphatic hydroxyl groups excluding tert-OH is 5. The second-order valence-corrected chi connectivity index (χ2v) is 6.63. The average molecular weight is 413 g/mol. The number of nitrogens with one attached hydrogen (secondary N) is 1. The van der Waals surface area contributed by atoms with Crippen molar-refractivity contribution in [3.05, 3.63) is 44.1 Å². The van der Waals surface area contributed by atoms with Gasteiger partial charge in [0, 0.05) is 5.02 Å². The van der Waals surface area contributed by atoms with Gasteiger partial charge in [0.2, 0.25) is 0 Å². The van der Waals surface area contributed by atoms with Crippen LogP contribution >= 0.6 is 11.6 Å². The van der Waals surface area contributed by atoms with E-state index in [1.807, 2.05) is 4.98 Å². The Morgan fingerprint density at radius 2 is 1.75 bits per heavy atom. The number of aromatic nitrogens is 4. The molecule has 3 rings (SSSR count). The molecule has 0 aliphatic carbocycles. The summed E-state index contributed by atoms with van der Waals surface area (Å²) in [6.45, 7) is -1.24. The van der Waals surface area contributed by atoms with Gasteiger partial charge in [0.05, 0.1) is 24.2 Å². The van der Waals surface area contributed by atoms with Gasteiger partial charge >= 0.3 is 5.69 Å². The highest BCUT2D eigenvalue weighted by Crippen LogP contribution is 2.24. The van der Waals surface area contributed by atoms with Crippen molar-refractivity contribution in [2.45, 2.75) is 31.0 Å². The van der Waals surface area contributed by atoms with Crippen molar-refractivity contribution in [2.24, 2.45) is 0 Å². The fourth-order valence-electron chi connectivity index (χ4n) is 2.82. The zero-order chi connectivity index (χ0) is 20.6. The van der Waals surface area contributed by atoms with E-state index in [0.717, 1.165) is 0 Å². The summed E-state index contributed by atoms with van der Waals surface area (Å²) >= 11 is 5.96. The summed E-state index contributed by atoms with van der Waals surface area (Å²) in [5, 5.41) is 48.9. The summed E-state index contributed by atoms with van der Waals surface area (Å²) in [7, 11) is 0. The van der Waals surface area contributed by atoms with Crippen LogP contribution in [0, 0.1) is 0 Å². The fraction of sp³-hybridized carbons (Fsp3) is 0.375. The number of fused-ring (bicyclic) bond motifs is 2. The molecule has 28 heavy (non-hydrogen) atoms. The van der Waals surface area contributed by atoms with Crippen LogP contribution in [-0.2, 0) is 6.54 Å². The number of nitrogens with zero attached hydrogens (tertiary/aromatic N) is 3. The molecule has 0 fully saturated rings. The lowest BCUT2D eigenvalue weighted by atomic mass is 10.0. The van der Waals surface area contributed by atoms with E-state index in [2.05, 4.69) is 9.97 Å². The number of benzene rings is 1. The van der Waals surface area contributed by atoms with E-state index in [1.165, 1.54) is 22.8 Å². The van der Waals surface area contributed by atoms with E-state index in [-0.39, 0.29) is 17.0 Å². The van der Waals surface area contributed by atoms with Crippen molar-refractivity contribution in [1.82, 2.24) is 19.5 Å². The molecule has 1 aromatic rings. The molecule has 0 radical (unpaired) electrons. The van der Waals surface area contributed by atoms with E-state index in [0.29, 0.717) is 10.5 Å². The van der Waals surface area contributed by atoms with Crippen LogP contribution < -0.4 is 11.2 Å². The van der Waals surface area contributed by atoms with Crippen LogP contribution in [0.1, 0.15) is 0 Å². The first-order valence-electron chi connectivity index (χ1n) is 8.16. The molecule has 0 aromatic heterocycles. The Labute approximate surface area is 161 Å². The Hall–Kier alpha value is -2.41. The van der Waals surface area contributed by atoms with Gasteiger partial charge in [-0.2, -0.15) is 4.98 Å². The van der Waals surface area contributed by atoms with Gasteiger partial charge in [-0.1, -0.05) is 11.6 Å². The Morgan fingerprint density at radius 3 is 2.43 bits per heavy atom. The zero-order valence-electron chi connectivity index (χ0n) is 14.2. The van der Waals surface area contributed by atoms with E-state index in [1.54, 1.807) is 0 Å². The summed E-state index contributed by atoms with van der Waals surface area (Å²) in [5.41, 5.74) is -1.29. The number of hydrogen-bond donors (Lipinski definition) is 6. The smallest absolute Gasteiger partial charge is 0.349 e. The minimum absolute atomic E-state index is 0.146. The molecule has 0 bridgehead atoms. The minimum Gasteiger partial charge on any atom is -0.394 e. The second-order valence-electron chi connectivity index (χ2n) is 6.20. The Morgan fingerprint density at radius 1 is 1.07 bits per heavy atom. The summed E-state index contributed by atoms with van der Waals surface area (Å²) < 4.78 is 1.27. The molecule has 2 heterocycles. The number of hydrogen-bond acceptors (Lipinski definition) is 9. The van der Waals surface area contributed by atoms with Crippen molar-refractivity contribution >= 4 is 22.6 Å². The molecule has 6 N–H and O–H groups in total. The SMILES string of the molecule is O=c1nc2n(C[C@H](O)[C@H](O)[C@H](O)[C@H](O)CO)c3ccc(Cl)cc3nc-2c(=O)[nH]1. The van der Waals surface area contributed by atoms with Gasteiger partial charge in [-0.15, -0.1) is 0 Å². The van der Waals surface area contributed by atoms with Crippen LogP contribution in [0.3, 0.4) is 0 Å². The van der Waals surface area contributed by atoms with Gasteiger partial charge in [0.15, 0.2) is 11.5 Å². The number of halogens is 1. The van der Waals surface area contributed by atoms with Crippen molar-refractivity contribution in [1.29, 1.82) is 0 Å². The van der Waals surface area contributed by atoms with E-state index in [4.69, 9.17) is 16.7 Å². The summed E-state index contributed by atoms with van der Waals surface area (Å²) in [6, 6.07) is 4.51. The molecule has 0 spiro atoms. The molecule has 0 amide bonds. The largest absolute Gasteiger partial charge is 0.394 e. The molecule has 1 aromatic carbocycles. The van der Waals surface area contributed by atoms with E-state index < -0.39 is 48.8 Å². The van der Waals surface area contributed by atoms with Crippen LogP contribution in [0.5, 0.6) is 0 Å². The molecule has 12 heteroatoms. The lowest BCUT2D eigenvalue weighted by Crippen LogP contribution is -2.47. The highest BCUT2D eigenvalue weighted by molar-refractivity contribution is 6.31. The van der Waals surface area contributed by atoms with Crippen LogP contribution in [0.25, 0.3) is 22.6 Å². The number of aromatic amines is 1. The third kappa shape index (κ3) is 3.76. The molecule has 0 saturated carbocycles. The van der Waals surface area contributed by atoms with Crippen molar-refractivity contribution < 1.29 is 25.5 Å². The lowest BCUT2D eigenvalue weighted by molar-refractivity contribution is -0.117. The first-order chi connectivity index (χ1) is 13.2. The average Bonchev–Trinajstić information content (AvgIpc) is 2.66. The fourth-order valence-corrected chi connectivity index (χ4v) is 2.98. The molecule has 150 valence electrons. The van der Waals surface area contributed by atoms with E-state index >= 15 is 0 Å². The third-order valence-corrected chi connectivity index (χ3v) is 4.50. The Balaban J connectivity index is 2.14. The van der Waals surface area contributed by atoms with Crippen LogP contribution in [0.4, 0.5) is 0 Å². The number of rotatable bonds is 6. The third-order valence-electron chi connectivity index (χ3n) is 4.27. The molecule has 0 unspecified atom stereocenters. The lowest BCUT2D eigenvalue weighted by Gasteiger charge is -2.27. The molecule has 2 aliphatic heterocycles. The topological polar surface area (TPSA) is 182 Å². The maximum atomic E-state index is 12.1. The maximum Gasteiger partial charge on any atom is 0.349 e. The molecule has 2 aliphatic rings. The zero-order valence-corrected chi connectivity index (χ0v) is 15.0. The summed E-state index contributed by atoms with van der Waals surface area (Å²) in [6.07, 6.45) is -7.00. The van der Waals surface area contributed by atoms with Gasteiger partial charge in [-0.05, 0) is 18.2 Å². The minimum atomic E-state index is -1.84. The molecule has 0 saturated heterocycles. The summed E-state index contributed by atoms with van der Waals surface area (Å²) in [4.78, 5) is 33.7. The molecular weight excluding hydrogens is 396 g/mol. The Kier molecular flexibility index (Phi) is 5.74. The molecule has 11 nitrogen and oxygen atoms in total. The first-order valence-corrected chi connectivity index (χ1v) is 8.54. The quantitative estimate of drug-likeness (QED) is 0.242. The monoisotopic (exact) mass is 412 g/mol. The maximum absolute atomic E-state index is 12.1. The van der Waals surface area contributed by atoms with E-state index in [9.17, 15) is 30.0 Å². The highest BCUT2D eigenvalue weighted by Gasteiger charge is 2.31. The van der Waals surface area contributed by atoms with Gasteiger partial charge < -0.3 is 30.1 Å². The van der Waals surface area contributed by atoms with Crippen molar-refractivity contribution in [2.75, 3.05) is 6.61 Å². The van der Waals surface area contributed by atoms with Crippen molar-refractivity contribution in [3.8, 4) is 11.5 Å². The van der Waals surface area contributed by atoms with Gasteiger partial charge in [-0.25, -0.2) is 9.78 Å². The van der Waals surface area contributed by atoms with Gasteiger partial charge in [0.1, 0.15) is 24.4 Å². The standard InChI is InChI=1S/C16H17ClN4O7/c17-6-1-2-8-7(3-6)18-11-14(19-16(28)20-15(11)27)21(8)4-9(23)12(25)13(26)10(24)5-22/h1-3,9-10,12-13,22-26H,4-5H2,(H,20,27,28)/t9-,10+,12-,13+/m0/s1. The predicted molar refractivity (Wildman–Crippen MR) is 97.2 cm³/mol. The first kappa shape index (κ1) is 20.3. The highest BCUT2D eigenvalue weighted by atomic mass is 35.5. The normalized spacial score (nSPS) is 16.2. The summed E-state index contributed by atoms with van der Waals surface area (Å²) in [5.74, 6) is -0.146. The predicted octanol–water partition coefficient (Wildman–Crippen LogP) is -2.33. The molecule has 4 atom stereocenters. The van der Waals surface area contributed by atoms with Crippen LogP contribution in [-0.4, -0.2) is 76.1 Å². The number of aliphatic hydroxyl groups is 5. The Bertz CT molecular complexity index is 1080. The van der Waals surface area contributed by atoms with Crippen LogP contribution in [0.2, 0.25) is 5.02 Å². The van der Waals surface area contributed by atoms with Gasteiger partial charge in [0.25, 0.3) is 5.56 Å². The van der Waals surface area contributed by atoms with Gasteiger partial charge in [-0.3, -0.25) is 9.78 Å². The molecular formula is C16H17ClN4O7. The van der Waals surface area contributed by atoms with Crippen LogP contribution in [0.15, 0.2) is 27.8 Å². The second kappa shape index (κ2) is 7.91. The van der Waals surface area contributed by atoms with Crippen molar-refractivity contribution in [3.63, 3.8) is 0 Å². The number of H-pyrrole nitrogens is 1.